The fourth-order valence-corrected chi connectivity index (χ4v) is 3.12. The lowest BCUT2D eigenvalue weighted by Crippen LogP contribution is -2.36. The van der Waals surface area contributed by atoms with Crippen molar-refractivity contribution in [3.05, 3.63) is 53.6 Å². The number of methoxy groups -OCH3 is 2. The molecule has 0 spiro atoms. The zero-order chi connectivity index (χ0) is 17.6. The van der Waals surface area contributed by atoms with Crippen molar-refractivity contribution in [2.24, 2.45) is 0 Å². The van der Waals surface area contributed by atoms with Gasteiger partial charge in [-0.15, -0.1) is 0 Å². The molecule has 0 bridgehead atoms. The number of fused-ring (bicyclic) bond motifs is 1. The number of para-hydroxylation sites is 1. The highest BCUT2D eigenvalue weighted by Gasteiger charge is 2.22. The van der Waals surface area contributed by atoms with Gasteiger partial charge in [-0.2, -0.15) is 0 Å². The second kappa shape index (κ2) is 7.92. The van der Waals surface area contributed by atoms with Crippen LogP contribution in [0.1, 0.15) is 17.5 Å². The monoisotopic (exact) mass is 340 g/mol. The van der Waals surface area contributed by atoms with Crippen LogP contribution in [0.5, 0.6) is 11.5 Å². The van der Waals surface area contributed by atoms with Crippen molar-refractivity contribution in [1.82, 2.24) is 4.90 Å². The first kappa shape index (κ1) is 17.1. The summed E-state index contributed by atoms with van der Waals surface area (Å²) < 4.78 is 10.7. The molecule has 3 rings (SSSR count). The molecule has 5 heteroatoms. The average molecular weight is 340 g/mol. The molecule has 0 atom stereocenters. The topological polar surface area (TPSA) is 50.8 Å². The first-order valence-corrected chi connectivity index (χ1v) is 8.51. The molecular weight excluding hydrogens is 316 g/mol. The van der Waals surface area contributed by atoms with Crippen LogP contribution < -0.4 is 14.8 Å². The van der Waals surface area contributed by atoms with E-state index >= 15 is 0 Å². The third-order valence-electron chi connectivity index (χ3n) is 4.51. The molecule has 1 aliphatic rings. The molecular formula is C20H24N2O3. The summed E-state index contributed by atoms with van der Waals surface area (Å²) in [5.41, 5.74) is 3.40. The predicted octanol–water partition coefficient (Wildman–Crippen LogP) is 3.09. The number of rotatable bonds is 6. The quantitative estimate of drug-likeness (QED) is 0.878. The lowest BCUT2D eigenvalue weighted by atomic mass is 9.98. The molecule has 0 fully saturated rings. The largest absolute Gasteiger partial charge is 0.493 e. The van der Waals surface area contributed by atoms with Gasteiger partial charge in [-0.3, -0.25) is 4.79 Å². The Hall–Kier alpha value is -2.69. The van der Waals surface area contributed by atoms with Gasteiger partial charge < -0.3 is 19.7 Å². The molecule has 0 saturated heterocycles. The van der Waals surface area contributed by atoms with Crippen LogP contribution in [0, 0.1) is 0 Å². The van der Waals surface area contributed by atoms with Gasteiger partial charge >= 0.3 is 0 Å². The Labute approximate surface area is 148 Å². The Bertz CT molecular complexity index is 731. The molecule has 1 amide bonds. The van der Waals surface area contributed by atoms with E-state index in [4.69, 9.17) is 9.47 Å². The van der Waals surface area contributed by atoms with Gasteiger partial charge in [-0.05, 0) is 41.8 Å². The zero-order valence-electron chi connectivity index (χ0n) is 14.7. The molecule has 2 aromatic carbocycles. The molecule has 0 aliphatic carbocycles. The molecule has 1 N–H and O–H groups in total. The van der Waals surface area contributed by atoms with Crippen LogP contribution in [0.15, 0.2) is 42.5 Å². The van der Waals surface area contributed by atoms with Crippen LogP contribution in [0.4, 0.5) is 5.69 Å². The van der Waals surface area contributed by atoms with Crippen molar-refractivity contribution in [1.29, 1.82) is 0 Å². The van der Waals surface area contributed by atoms with Gasteiger partial charge in [0.25, 0.3) is 0 Å². The van der Waals surface area contributed by atoms with Crippen molar-refractivity contribution in [3.63, 3.8) is 0 Å². The highest BCUT2D eigenvalue weighted by molar-refractivity contribution is 5.77. The Morgan fingerprint density at radius 3 is 2.44 bits per heavy atom. The highest BCUT2D eigenvalue weighted by Crippen LogP contribution is 2.33. The molecule has 0 saturated carbocycles. The van der Waals surface area contributed by atoms with E-state index in [0.29, 0.717) is 25.3 Å². The number of nitrogens with one attached hydrogen (secondary N) is 1. The van der Waals surface area contributed by atoms with Gasteiger partial charge in [0.05, 0.1) is 14.2 Å². The molecule has 132 valence electrons. The lowest BCUT2D eigenvalue weighted by Gasteiger charge is -2.29. The number of amides is 1. The van der Waals surface area contributed by atoms with E-state index in [-0.39, 0.29) is 5.91 Å². The van der Waals surface area contributed by atoms with E-state index in [9.17, 15) is 4.79 Å². The number of carbonyl (C=O) groups is 1. The van der Waals surface area contributed by atoms with Gasteiger partial charge in [0, 0.05) is 31.7 Å². The summed E-state index contributed by atoms with van der Waals surface area (Å²) in [6.45, 7) is 2.00. The second-order valence-corrected chi connectivity index (χ2v) is 6.08. The average Bonchev–Trinajstić information content (AvgIpc) is 2.67. The Morgan fingerprint density at radius 2 is 1.76 bits per heavy atom. The van der Waals surface area contributed by atoms with Crippen LogP contribution in [0.25, 0.3) is 0 Å². The summed E-state index contributed by atoms with van der Waals surface area (Å²) >= 11 is 0. The molecule has 2 aromatic rings. The normalized spacial score (nSPS) is 13.1. The maximum absolute atomic E-state index is 12.5. The minimum atomic E-state index is 0.170. The molecule has 5 nitrogen and oxygen atoms in total. The van der Waals surface area contributed by atoms with Gasteiger partial charge in [0.1, 0.15) is 0 Å². The van der Waals surface area contributed by atoms with Crippen molar-refractivity contribution in [3.8, 4) is 11.5 Å². The fraction of sp³-hybridized carbons (Fsp3) is 0.350. The van der Waals surface area contributed by atoms with Crippen molar-refractivity contribution in [2.75, 3.05) is 32.6 Å². The smallest absolute Gasteiger partial charge is 0.224 e. The minimum absolute atomic E-state index is 0.170. The van der Waals surface area contributed by atoms with Crippen LogP contribution in [-0.2, 0) is 17.8 Å². The Kier molecular flexibility index (Phi) is 5.43. The first-order chi connectivity index (χ1) is 12.2. The second-order valence-electron chi connectivity index (χ2n) is 6.08. The summed E-state index contributed by atoms with van der Waals surface area (Å²) in [6, 6.07) is 13.9. The van der Waals surface area contributed by atoms with Crippen molar-refractivity contribution in [2.45, 2.75) is 19.4 Å². The Morgan fingerprint density at radius 1 is 1.08 bits per heavy atom. The van der Waals surface area contributed by atoms with E-state index < -0.39 is 0 Å². The van der Waals surface area contributed by atoms with Gasteiger partial charge in [-0.1, -0.05) is 18.2 Å². The summed E-state index contributed by atoms with van der Waals surface area (Å²) in [5, 5.41) is 3.28. The number of carbonyl (C=O) groups excluding carboxylic acids is 1. The van der Waals surface area contributed by atoms with E-state index in [0.717, 1.165) is 30.0 Å². The number of hydrogen-bond acceptors (Lipinski definition) is 4. The number of benzene rings is 2. The molecule has 0 radical (unpaired) electrons. The zero-order valence-corrected chi connectivity index (χ0v) is 14.7. The van der Waals surface area contributed by atoms with E-state index in [1.807, 2.05) is 47.4 Å². The number of ether oxygens (including phenoxy) is 2. The lowest BCUT2D eigenvalue weighted by molar-refractivity contribution is -0.131. The van der Waals surface area contributed by atoms with Crippen LogP contribution in [0.3, 0.4) is 0 Å². The van der Waals surface area contributed by atoms with E-state index in [1.54, 1.807) is 14.2 Å². The van der Waals surface area contributed by atoms with E-state index in [1.165, 1.54) is 5.56 Å². The number of anilines is 1. The van der Waals surface area contributed by atoms with Crippen molar-refractivity contribution < 1.29 is 14.3 Å². The molecule has 1 heterocycles. The van der Waals surface area contributed by atoms with Gasteiger partial charge in [-0.25, -0.2) is 0 Å². The molecule has 0 aromatic heterocycles. The number of nitrogens with zero attached hydrogens (tertiary/aromatic N) is 1. The first-order valence-electron chi connectivity index (χ1n) is 8.51. The van der Waals surface area contributed by atoms with Crippen LogP contribution in [0.2, 0.25) is 0 Å². The highest BCUT2D eigenvalue weighted by atomic mass is 16.5. The van der Waals surface area contributed by atoms with Gasteiger partial charge in [0.15, 0.2) is 11.5 Å². The van der Waals surface area contributed by atoms with Gasteiger partial charge in [0.2, 0.25) is 5.91 Å². The van der Waals surface area contributed by atoms with E-state index in [2.05, 4.69) is 5.32 Å². The standard InChI is InChI=1S/C20H24N2O3/c1-24-18-12-15-9-11-22(14-16(15)13-19(18)25-2)20(23)8-10-21-17-6-4-3-5-7-17/h3-7,12-13,21H,8-11,14H2,1-2H3. The van der Waals surface area contributed by atoms with Crippen LogP contribution in [-0.4, -0.2) is 38.1 Å². The third-order valence-corrected chi connectivity index (χ3v) is 4.51. The fourth-order valence-electron chi connectivity index (χ4n) is 3.12. The maximum atomic E-state index is 12.5. The van der Waals surface area contributed by atoms with Crippen molar-refractivity contribution >= 4 is 11.6 Å². The summed E-state index contributed by atoms with van der Waals surface area (Å²) in [6.07, 6.45) is 1.32. The predicted molar refractivity (Wildman–Crippen MR) is 98.2 cm³/mol. The summed E-state index contributed by atoms with van der Waals surface area (Å²) in [5.74, 6) is 1.62. The SMILES string of the molecule is COc1cc2c(cc1OC)CN(C(=O)CCNc1ccccc1)CC2. The molecule has 0 unspecified atom stereocenters. The number of hydrogen-bond donors (Lipinski definition) is 1. The summed E-state index contributed by atoms with van der Waals surface area (Å²) in [7, 11) is 3.27. The van der Waals surface area contributed by atoms with Crippen LogP contribution >= 0.6 is 0 Å². The third kappa shape index (κ3) is 4.05. The molecule has 25 heavy (non-hydrogen) atoms. The maximum Gasteiger partial charge on any atom is 0.224 e. The Balaban J connectivity index is 1.59. The molecule has 1 aliphatic heterocycles. The minimum Gasteiger partial charge on any atom is -0.493 e. The summed E-state index contributed by atoms with van der Waals surface area (Å²) in [4.78, 5) is 14.4.